The molecule has 3 rings (SSSR count). The molecule has 2 N–H and O–H groups in total. The molecular weight excluding hydrogens is 9370 g/mol. The number of aliphatic carboxylic acids is 1. The van der Waals surface area contributed by atoms with Gasteiger partial charge in [-0.05, 0) is 69.9 Å². The third-order valence-electron chi connectivity index (χ3n) is 10.1. The molecule has 1 aromatic rings. The van der Waals surface area contributed by atoms with E-state index in [0.29, 0.717) is 37.1 Å². The number of carboxylic acids is 1. The summed E-state index contributed by atoms with van der Waals surface area (Å²) in [4.78, 5) is 73.0. The van der Waals surface area contributed by atoms with Crippen molar-refractivity contribution in [2.24, 2.45) is 23.7 Å². The van der Waals surface area contributed by atoms with Gasteiger partial charge in [-0.3, -0.25) is 28.9 Å². The first-order valence-electron chi connectivity index (χ1n) is 17.9. The molecule has 0 spiro atoms. The number of esters is 1. The number of carbonyl (C=O) groups is 5. The predicted octanol–water partition coefficient (Wildman–Crippen LogP) is 5.88. The number of nitrogens with zero attached hydrogens (tertiary/aromatic N) is 3. The van der Waals surface area contributed by atoms with Crippen LogP contribution >= 0.6 is 11.3 Å². The standard InChI is InChI=1S/C36H58N4O7S.55Tb/c1-8-9-17-40-18-11-10-12-29(40)31(42)19-27(22(2)3)35(44)39(7)30(23(4)5)20-32(47-24(6)41)34-38-28(21-48-34)33(43)37-26-15-13-25(14-16-26)36(45)46;;;;;;;;;;;;;;;;;;;;;;;;;;;;;;;;;;;;;;;;;;;;;;;;;;;;;;;/h21-23,25-27,29-30,32H,8-20H2,1-7H3,(H,37,43)(H,45,46);;;;;;;;;;;;;;;;;;;;;;;;;;;;;;;;;;;;;;;;;;;;;;;;;;;;;;;/t25?,26?,27-,29+,30+,32+;;;;;;;;;;;;;;;;;;;;;;;;;;;;;;;;;;;;;;;;;;;;;;;;;;;;;;;/m0......................................................./s1. The normalized spacial score (nSPS) is 10.3. The molecule has 11 nitrogen and oxygen atoms in total. The zero-order valence-corrected chi connectivity index (χ0v) is 167. The van der Waals surface area contributed by atoms with Gasteiger partial charge >= 0.3 is 11.9 Å². The number of ketones is 1. The maximum atomic E-state index is 14.1. The van der Waals surface area contributed by atoms with Crippen molar-refractivity contribution in [3.63, 3.8) is 0 Å². The van der Waals surface area contributed by atoms with Gasteiger partial charge in [0.25, 0.3) is 5.91 Å². The van der Waals surface area contributed by atoms with E-state index in [2.05, 4.69) is 22.1 Å². The van der Waals surface area contributed by atoms with Crippen LogP contribution in [0.5, 0.6) is 0 Å². The van der Waals surface area contributed by atoms with Crippen LogP contribution in [0.1, 0.15) is 134 Å². The summed E-state index contributed by atoms with van der Waals surface area (Å²) in [5.41, 5.74) is 0.215. The van der Waals surface area contributed by atoms with Crippen LogP contribution in [0.4, 0.5) is 0 Å². The number of carbonyl (C=O) groups excluding carboxylic acids is 4. The van der Waals surface area contributed by atoms with Crippen LogP contribution in [-0.4, -0.2) is 87.7 Å². The molecule has 1 saturated heterocycles. The fourth-order valence-electron chi connectivity index (χ4n) is 7.15. The monoisotopic (exact) mass is 9430 g/mol. The van der Waals surface area contributed by atoms with Crippen molar-refractivity contribution in [3.8, 4) is 0 Å². The average Bonchev–Trinajstić information content (AvgIpc) is 3.54. The molecule has 55 radical (unpaired) electrons. The van der Waals surface area contributed by atoms with Gasteiger partial charge in [0, 0.05) is 2170 Å². The van der Waals surface area contributed by atoms with Gasteiger partial charge in [-0.15, -0.1) is 11.3 Å². The van der Waals surface area contributed by atoms with Gasteiger partial charge < -0.3 is 20.1 Å². The number of hydrogen-bond acceptors (Lipinski definition) is 9. The van der Waals surface area contributed by atoms with E-state index in [1.807, 2.05) is 27.7 Å². The molecular formula is C36H58N4O7STb55. The Hall–Kier alpha value is 67.9. The van der Waals surface area contributed by atoms with Crippen LogP contribution in [0.2, 0.25) is 0 Å². The fraction of sp³-hybridized carbons (Fsp3) is 0.778. The number of amides is 2. The topological polar surface area (TPSA) is 146 Å². The second kappa shape index (κ2) is 259. The molecule has 0 bridgehead atoms. The van der Waals surface area contributed by atoms with Crippen molar-refractivity contribution in [1.29, 1.82) is 0 Å². The molecule has 765 valence electrons. The Morgan fingerprint density at radius 3 is 1.10 bits per heavy atom. The van der Waals surface area contributed by atoms with E-state index in [9.17, 15) is 29.1 Å². The molecule has 2 aliphatic rings. The molecule has 0 unspecified atom stereocenters. The Bertz CT molecular complexity index is 1350. The third-order valence-corrected chi connectivity index (χ3v) is 11.1. The van der Waals surface area contributed by atoms with Gasteiger partial charge in [-0.25, -0.2) is 4.98 Å². The van der Waals surface area contributed by atoms with Crippen LogP contribution in [-0.2, 0) is 23.9 Å². The number of aromatic nitrogens is 1. The van der Waals surface area contributed by atoms with Crippen molar-refractivity contribution in [2.45, 2.75) is 136 Å². The Labute approximate surface area is 2320 Å². The summed E-state index contributed by atoms with van der Waals surface area (Å²) in [5.74, 6) is -2.44. The zero-order chi connectivity index (χ0) is 35.5. The predicted molar refractivity (Wildman–Crippen MR) is 186 cm³/mol. The minimum absolute atomic E-state index is 0. The Morgan fingerprint density at radius 2 is 0.825 bits per heavy atom. The van der Waals surface area contributed by atoms with Gasteiger partial charge in [0.1, 0.15) is 10.7 Å². The maximum absolute atomic E-state index is 14.1. The minimum Gasteiger partial charge on any atom is -0.481 e. The second-order valence-corrected chi connectivity index (χ2v) is 15.3. The maximum Gasteiger partial charge on any atom is 0.306 e. The van der Waals surface area contributed by atoms with E-state index >= 15 is 0 Å². The molecule has 4 atom stereocenters. The molecule has 1 aliphatic heterocycles. The number of hydrogen-bond donors (Lipinski definition) is 2. The van der Waals surface area contributed by atoms with Crippen LogP contribution in [0.25, 0.3) is 0 Å². The Balaban J connectivity index is -0.00000000891. The molecule has 67 heteroatoms. The van der Waals surface area contributed by atoms with Crippen molar-refractivity contribution >= 4 is 40.9 Å². The van der Waals surface area contributed by atoms with Crippen LogP contribution in [0.15, 0.2) is 5.38 Å². The van der Waals surface area contributed by atoms with E-state index in [-0.39, 0.29) is 2190 Å². The smallest absolute Gasteiger partial charge is 0.306 e. The number of carboxylic acid groups (broad SMARTS) is 1. The largest absolute Gasteiger partial charge is 0.481 e. The summed E-state index contributed by atoms with van der Waals surface area (Å²) < 4.78 is 5.74. The van der Waals surface area contributed by atoms with E-state index in [1.54, 1.807) is 17.3 Å². The molecule has 2 heterocycles. The summed E-state index contributed by atoms with van der Waals surface area (Å²) in [6.45, 7) is 13.3. The third kappa shape index (κ3) is 202. The number of thiazole rings is 1. The molecule has 1 aliphatic carbocycles. The molecule has 2 amide bonds. The summed E-state index contributed by atoms with van der Waals surface area (Å²) in [5, 5.41) is 14.3. The number of rotatable bonds is 17. The number of nitrogens with one attached hydrogen (secondary N) is 1. The number of ether oxygens (including phenoxy) is 1. The van der Waals surface area contributed by atoms with Crippen LogP contribution in [0.3, 0.4) is 0 Å². The summed E-state index contributed by atoms with van der Waals surface area (Å²) >= 11 is 1.23. The first kappa shape index (κ1) is 355. The number of unbranched alkanes of at least 4 members (excludes halogenated alkanes) is 1. The first-order chi connectivity index (χ1) is 22.7. The van der Waals surface area contributed by atoms with E-state index in [4.69, 9.17) is 4.74 Å². The van der Waals surface area contributed by atoms with Gasteiger partial charge in [0.15, 0.2) is 11.9 Å². The van der Waals surface area contributed by atoms with Crippen LogP contribution in [0, 0.1) is 2150 Å². The number of likely N-dealkylation sites (tertiary alicyclic amines) is 1. The van der Waals surface area contributed by atoms with E-state index in [0.717, 1.165) is 45.2 Å². The van der Waals surface area contributed by atoms with Crippen LogP contribution < -0.4 is 5.32 Å². The molecule has 103 heavy (non-hydrogen) atoms. The van der Waals surface area contributed by atoms with E-state index in [1.165, 1.54) is 18.3 Å². The molecule has 1 aromatic heterocycles. The average molecular weight is 9430 g/mol. The number of piperidine rings is 1. The Kier molecular flexibility index (Phi) is 891. The molecule has 2 fully saturated rings. The molecule has 1 saturated carbocycles. The quantitative estimate of drug-likeness (QED) is 0.183. The van der Waals surface area contributed by atoms with Gasteiger partial charge in [-0.1, -0.05) is 47.5 Å². The van der Waals surface area contributed by atoms with Crippen molar-refractivity contribution < 1.29 is 2160 Å². The zero-order valence-electron chi connectivity index (χ0n) is 48.4. The SMILES string of the molecule is CCCCN1CCCC[C@@H]1C(=O)C[C@H](C(=O)N(C)[C@H](C[C@@H](OC(C)=O)c1nc(C(=O)NC2CCC(C(=O)O)CC2)cs1)C(C)C)C(C)C.[Tb].[Tb].[Tb].[Tb].[Tb].[Tb].[Tb].[Tb].[Tb].[Tb].[Tb].[Tb].[Tb].[Tb].[Tb].[Tb].[Tb].[Tb].[Tb].[Tb].[Tb].[Tb].[Tb].[Tb].[Tb].[Tb].[Tb].[Tb].[Tb].[Tb].[Tb].[Tb].[Tb].[Tb].[Tb].[Tb].[Tb].[Tb].[Tb].[Tb].[Tb].[Tb].[Tb].[Tb].[Tb].[Tb].[Tb].[Tb].[Tb].[Tb].[Tb].[Tb].[Tb].[Tb].[Tb]. The fourth-order valence-corrected chi connectivity index (χ4v) is 7.99. The number of Topliss-reactive ketones (excluding diaryl/α,β-unsaturated/α-hetero) is 1. The second-order valence-electron chi connectivity index (χ2n) is 14.4. The summed E-state index contributed by atoms with van der Waals surface area (Å²) in [6.07, 6.45) is 7.05. The Morgan fingerprint density at radius 1 is 0.505 bits per heavy atom. The van der Waals surface area contributed by atoms with Gasteiger partial charge in [-0.2, -0.15) is 0 Å². The summed E-state index contributed by atoms with van der Waals surface area (Å²) in [6, 6.07) is -0.569. The van der Waals surface area contributed by atoms with Gasteiger partial charge in [0.05, 0.1) is 12.0 Å². The summed E-state index contributed by atoms with van der Waals surface area (Å²) in [7, 11) is 1.77. The van der Waals surface area contributed by atoms with E-state index < -0.39 is 24.0 Å². The first-order valence-corrected chi connectivity index (χ1v) is 18.8. The molecule has 0 aromatic carbocycles. The minimum atomic E-state index is -0.797. The van der Waals surface area contributed by atoms with Gasteiger partial charge in [0.2, 0.25) is 5.91 Å². The van der Waals surface area contributed by atoms with Crippen molar-refractivity contribution in [1.82, 2.24) is 20.1 Å². The van der Waals surface area contributed by atoms with Crippen molar-refractivity contribution in [3.05, 3.63) is 16.1 Å². The van der Waals surface area contributed by atoms with Crippen molar-refractivity contribution in [2.75, 3.05) is 20.1 Å².